The lowest BCUT2D eigenvalue weighted by molar-refractivity contribution is -0.115. The first kappa shape index (κ1) is 18.6. The molecule has 0 spiro atoms. The Bertz CT molecular complexity index is 1000. The Balaban J connectivity index is 1.50. The van der Waals surface area contributed by atoms with Crippen LogP contribution in [0.1, 0.15) is 31.5 Å². The zero-order chi connectivity index (χ0) is 19.7. The predicted molar refractivity (Wildman–Crippen MR) is 104 cm³/mol. The Kier molecular flexibility index (Phi) is 5.13. The van der Waals surface area contributed by atoms with Crippen LogP contribution in [0.4, 0.5) is 14.5 Å². The summed E-state index contributed by atoms with van der Waals surface area (Å²) < 4.78 is 28.6. The highest BCUT2D eigenvalue weighted by molar-refractivity contribution is 8.00. The maximum absolute atomic E-state index is 13.8. The average Bonchev–Trinajstić information content (AvgIpc) is 3.45. The van der Waals surface area contributed by atoms with Crippen LogP contribution < -0.4 is 5.32 Å². The highest BCUT2D eigenvalue weighted by Crippen LogP contribution is 2.40. The number of nitrogens with one attached hydrogen (secondary N) is 1. The molecule has 5 nitrogen and oxygen atoms in total. The summed E-state index contributed by atoms with van der Waals surface area (Å²) in [5.41, 5.74) is 0.870. The van der Waals surface area contributed by atoms with Crippen LogP contribution in [-0.2, 0) is 4.79 Å². The minimum absolute atomic E-state index is 0.0553. The van der Waals surface area contributed by atoms with Crippen LogP contribution in [0, 0.1) is 11.6 Å². The number of carbonyl (C=O) groups is 1. The molecule has 0 saturated heterocycles. The van der Waals surface area contributed by atoms with Crippen molar-refractivity contribution in [2.75, 3.05) is 5.32 Å². The molecule has 1 amide bonds. The normalized spacial score (nSPS) is 14.7. The molecule has 0 bridgehead atoms. The van der Waals surface area contributed by atoms with Gasteiger partial charge in [0.1, 0.15) is 17.5 Å². The van der Waals surface area contributed by atoms with Gasteiger partial charge in [0.25, 0.3) is 0 Å². The first-order chi connectivity index (χ1) is 13.5. The van der Waals surface area contributed by atoms with Gasteiger partial charge < -0.3 is 5.32 Å². The number of halogens is 2. The molecule has 1 aliphatic rings. The zero-order valence-electron chi connectivity index (χ0n) is 15.1. The molecular weight excluding hydrogens is 382 g/mol. The number of nitrogens with zero attached hydrogens (tertiary/aromatic N) is 3. The van der Waals surface area contributed by atoms with Gasteiger partial charge in [-0.15, -0.1) is 5.10 Å². The summed E-state index contributed by atoms with van der Waals surface area (Å²) in [6.07, 6.45) is 2.16. The molecule has 3 aromatic rings. The maximum atomic E-state index is 13.8. The number of thioether (sulfide) groups is 1. The summed E-state index contributed by atoms with van der Waals surface area (Å²) >= 11 is 1.20. The summed E-state index contributed by atoms with van der Waals surface area (Å²) in [6, 6.07) is 12.8. The number of amides is 1. The lowest BCUT2D eigenvalue weighted by atomic mass is 10.3. The number of hydrogen-bond donors (Lipinski definition) is 1. The SMILES string of the molecule is CC(Sc1nc(C2CC2)n(-c2ccccc2)n1)C(=O)Nc1ccc(F)cc1F. The van der Waals surface area contributed by atoms with Crippen molar-refractivity contribution in [2.45, 2.75) is 36.1 Å². The number of para-hydroxylation sites is 1. The van der Waals surface area contributed by atoms with E-state index in [1.807, 2.05) is 35.0 Å². The van der Waals surface area contributed by atoms with Gasteiger partial charge >= 0.3 is 0 Å². The van der Waals surface area contributed by atoms with Crippen LogP contribution in [0.5, 0.6) is 0 Å². The van der Waals surface area contributed by atoms with Gasteiger partial charge in [-0.3, -0.25) is 4.79 Å². The molecule has 28 heavy (non-hydrogen) atoms. The van der Waals surface area contributed by atoms with Gasteiger partial charge in [0.05, 0.1) is 16.6 Å². The van der Waals surface area contributed by atoms with E-state index in [0.29, 0.717) is 11.1 Å². The van der Waals surface area contributed by atoms with Crippen molar-refractivity contribution in [3.63, 3.8) is 0 Å². The minimum atomic E-state index is -0.812. The number of anilines is 1. The summed E-state index contributed by atoms with van der Waals surface area (Å²) in [5.74, 6) is -0.626. The molecule has 1 heterocycles. The predicted octanol–water partition coefficient (Wildman–Crippen LogP) is 4.54. The van der Waals surface area contributed by atoms with Crippen molar-refractivity contribution in [3.8, 4) is 5.69 Å². The van der Waals surface area contributed by atoms with E-state index in [4.69, 9.17) is 0 Å². The minimum Gasteiger partial charge on any atom is -0.323 e. The van der Waals surface area contributed by atoms with E-state index in [2.05, 4.69) is 15.4 Å². The zero-order valence-corrected chi connectivity index (χ0v) is 15.9. The van der Waals surface area contributed by atoms with E-state index >= 15 is 0 Å². The van der Waals surface area contributed by atoms with E-state index < -0.39 is 22.8 Å². The van der Waals surface area contributed by atoms with Crippen molar-refractivity contribution in [2.24, 2.45) is 0 Å². The molecule has 1 aliphatic carbocycles. The Morgan fingerprint density at radius 1 is 1.21 bits per heavy atom. The van der Waals surface area contributed by atoms with Crippen LogP contribution in [0.2, 0.25) is 0 Å². The summed E-state index contributed by atoms with van der Waals surface area (Å²) in [4.78, 5) is 17.0. The fourth-order valence-corrected chi connectivity index (χ4v) is 3.51. The summed E-state index contributed by atoms with van der Waals surface area (Å²) in [5, 5.41) is 6.99. The van der Waals surface area contributed by atoms with E-state index in [1.165, 1.54) is 17.8 Å². The fourth-order valence-electron chi connectivity index (χ4n) is 2.76. The first-order valence-corrected chi connectivity index (χ1v) is 9.84. The van der Waals surface area contributed by atoms with Crippen molar-refractivity contribution in [1.29, 1.82) is 0 Å². The second-order valence-corrected chi connectivity index (χ2v) is 7.96. The van der Waals surface area contributed by atoms with Gasteiger partial charge in [-0.1, -0.05) is 30.0 Å². The molecule has 1 unspecified atom stereocenters. The standard InChI is InChI=1S/C20H18F2N4OS/c1-12(19(27)23-17-10-9-14(21)11-16(17)22)28-20-24-18(13-7-8-13)26(25-20)15-5-3-2-4-6-15/h2-6,9-13H,7-8H2,1H3,(H,23,27). The molecule has 2 aromatic carbocycles. The Labute approximate surface area is 165 Å². The summed E-state index contributed by atoms with van der Waals surface area (Å²) in [6.45, 7) is 1.70. The molecule has 1 atom stereocenters. The van der Waals surface area contributed by atoms with E-state index in [0.717, 1.165) is 36.5 Å². The van der Waals surface area contributed by atoms with Crippen LogP contribution >= 0.6 is 11.8 Å². The lowest BCUT2D eigenvalue weighted by Crippen LogP contribution is -2.23. The lowest BCUT2D eigenvalue weighted by Gasteiger charge is -2.10. The van der Waals surface area contributed by atoms with Crippen molar-refractivity contribution in [3.05, 3.63) is 66.0 Å². The second-order valence-electron chi connectivity index (χ2n) is 6.65. The maximum Gasteiger partial charge on any atom is 0.237 e. The van der Waals surface area contributed by atoms with E-state index in [9.17, 15) is 13.6 Å². The third-order valence-electron chi connectivity index (χ3n) is 4.40. The number of rotatable bonds is 6. The molecular formula is C20H18F2N4OS. The Morgan fingerprint density at radius 3 is 2.64 bits per heavy atom. The van der Waals surface area contributed by atoms with Gasteiger partial charge in [-0.05, 0) is 44.0 Å². The van der Waals surface area contributed by atoms with Crippen molar-refractivity contribution >= 4 is 23.4 Å². The molecule has 144 valence electrons. The van der Waals surface area contributed by atoms with Crippen LogP contribution in [0.3, 0.4) is 0 Å². The topological polar surface area (TPSA) is 59.8 Å². The monoisotopic (exact) mass is 400 g/mol. The average molecular weight is 400 g/mol. The number of benzene rings is 2. The number of carbonyl (C=O) groups excluding carboxylic acids is 1. The van der Waals surface area contributed by atoms with Crippen LogP contribution in [0.15, 0.2) is 53.7 Å². The number of aromatic nitrogens is 3. The third-order valence-corrected chi connectivity index (χ3v) is 5.35. The van der Waals surface area contributed by atoms with Gasteiger partial charge in [0.2, 0.25) is 11.1 Å². The molecule has 4 rings (SSSR count). The molecule has 1 N–H and O–H groups in total. The highest BCUT2D eigenvalue weighted by atomic mass is 32.2. The fraction of sp³-hybridized carbons (Fsp3) is 0.250. The molecule has 0 aliphatic heterocycles. The molecule has 8 heteroatoms. The van der Waals surface area contributed by atoms with Crippen LogP contribution in [-0.4, -0.2) is 25.9 Å². The van der Waals surface area contributed by atoms with Gasteiger partial charge in [0, 0.05) is 12.0 Å². The summed E-state index contributed by atoms with van der Waals surface area (Å²) in [7, 11) is 0. The van der Waals surface area contributed by atoms with Gasteiger partial charge in [-0.25, -0.2) is 18.4 Å². The largest absolute Gasteiger partial charge is 0.323 e. The third kappa shape index (κ3) is 4.06. The second kappa shape index (κ2) is 7.71. The number of hydrogen-bond acceptors (Lipinski definition) is 4. The van der Waals surface area contributed by atoms with Crippen molar-refractivity contribution in [1.82, 2.24) is 14.8 Å². The first-order valence-electron chi connectivity index (χ1n) is 8.96. The smallest absolute Gasteiger partial charge is 0.237 e. The highest BCUT2D eigenvalue weighted by Gasteiger charge is 2.31. The Morgan fingerprint density at radius 2 is 1.96 bits per heavy atom. The van der Waals surface area contributed by atoms with Gasteiger partial charge in [0.15, 0.2) is 0 Å². The van der Waals surface area contributed by atoms with Crippen LogP contribution in [0.25, 0.3) is 5.69 Å². The molecule has 0 radical (unpaired) electrons. The quantitative estimate of drug-likeness (QED) is 0.617. The van der Waals surface area contributed by atoms with Crippen molar-refractivity contribution < 1.29 is 13.6 Å². The molecule has 1 saturated carbocycles. The van der Waals surface area contributed by atoms with Gasteiger partial charge in [-0.2, -0.15) is 0 Å². The van der Waals surface area contributed by atoms with E-state index in [1.54, 1.807) is 6.92 Å². The molecule has 1 fully saturated rings. The Hall–Kier alpha value is -2.74. The molecule has 1 aromatic heterocycles. The van der Waals surface area contributed by atoms with E-state index in [-0.39, 0.29) is 5.69 Å².